The van der Waals surface area contributed by atoms with Crippen LogP contribution in [0.1, 0.15) is 13.3 Å². The normalized spacial score (nSPS) is 22.6. The zero-order chi connectivity index (χ0) is 14.0. The molecule has 104 valence electrons. The van der Waals surface area contributed by atoms with E-state index in [1.807, 2.05) is 4.90 Å². The van der Waals surface area contributed by atoms with Crippen molar-refractivity contribution < 1.29 is 10.0 Å². The Morgan fingerprint density at radius 2 is 2.37 bits per heavy atom. The second-order valence-electron chi connectivity index (χ2n) is 4.79. The molecule has 2 N–H and O–H groups in total. The van der Waals surface area contributed by atoms with Gasteiger partial charge in [-0.05, 0) is 12.3 Å². The van der Waals surface area contributed by atoms with Crippen molar-refractivity contribution >= 4 is 17.3 Å². The van der Waals surface area contributed by atoms with Gasteiger partial charge in [0.1, 0.15) is 11.6 Å². The van der Waals surface area contributed by atoms with Crippen molar-refractivity contribution in [3.63, 3.8) is 0 Å². The summed E-state index contributed by atoms with van der Waals surface area (Å²) in [4.78, 5) is 16.8. The van der Waals surface area contributed by atoms with Crippen LogP contribution >= 0.6 is 0 Å². The molecular weight excluding hydrogens is 248 g/mol. The predicted molar refractivity (Wildman–Crippen MR) is 72.4 cm³/mol. The highest BCUT2D eigenvalue weighted by molar-refractivity contribution is 5.56. The fourth-order valence-electron chi connectivity index (χ4n) is 2.45. The number of nitrogens with zero attached hydrogens (tertiary/aromatic N) is 3. The van der Waals surface area contributed by atoms with E-state index >= 15 is 0 Å². The van der Waals surface area contributed by atoms with Crippen LogP contribution in [-0.4, -0.2) is 41.3 Å². The molecule has 0 saturated carbocycles. The quantitative estimate of drug-likeness (QED) is 0.629. The molecule has 2 atom stereocenters. The van der Waals surface area contributed by atoms with Crippen molar-refractivity contribution in [2.24, 2.45) is 5.92 Å². The third-order valence-corrected chi connectivity index (χ3v) is 3.63. The Morgan fingerprint density at radius 3 is 2.95 bits per heavy atom. The number of pyridine rings is 1. The van der Waals surface area contributed by atoms with E-state index in [0.717, 1.165) is 13.0 Å². The van der Waals surface area contributed by atoms with Gasteiger partial charge in [0.15, 0.2) is 0 Å². The van der Waals surface area contributed by atoms with Gasteiger partial charge < -0.3 is 15.3 Å². The average molecular weight is 266 g/mol. The molecule has 0 radical (unpaired) electrons. The van der Waals surface area contributed by atoms with Gasteiger partial charge in [-0.25, -0.2) is 4.98 Å². The van der Waals surface area contributed by atoms with Crippen molar-refractivity contribution in [2.75, 3.05) is 30.4 Å². The lowest BCUT2D eigenvalue weighted by Crippen LogP contribution is -2.35. The fourth-order valence-corrected chi connectivity index (χ4v) is 2.45. The number of nitrogens with one attached hydrogen (secondary N) is 1. The van der Waals surface area contributed by atoms with Crippen molar-refractivity contribution in [2.45, 2.75) is 19.4 Å². The Bertz CT molecular complexity index is 480. The Balaban J connectivity index is 2.38. The van der Waals surface area contributed by atoms with Crippen molar-refractivity contribution in [1.82, 2.24) is 4.98 Å². The molecule has 2 heterocycles. The summed E-state index contributed by atoms with van der Waals surface area (Å²) in [5.74, 6) is 1.35. The van der Waals surface area contributed by atoms with Crippen LogP contribution < -0.4 is 10.2 Å². The lowest BCUT2D eigenvalue weighted by Gasteiger charge is -2.26. The molecule has 1 fully saturated rings. The maximum absolute atomic E-state index is 10.9. The molecule has 0 spiro atoms. The van der Waals surface area contributed by atoms with Gasteiger partial charge >= 0.3 is 0 Å². The second-order valence-corrected chi connectivity index (χ2v) is 4.79. The minimum absolute atomic E-state index is 0.00518. The van der Waals surface area contributed by atoms with Crippen LogP contribution in [0.15, 0.2) is 12.1 Å². The lowest BCUT2D eigenvalue weighted by molar-refractivity contribution is -0.384. The molecule has 1 aliphatic rings. The third kappa shape index (κ3) is 2.60. The molecule has 1 aliphatic heterocycles. The number of rotatable bonds is 4. The molecule has 0 bridgehead atoms. The second kappa shape index (κ2) is 5.40. The van der Waals surface area contributed by atoms with Crippen LogP contribution in [0, 0.1) is 16.0 Å². The van der Waals surface area contributed by atoms with Gasteiger partial charge in [-0.15, -0.1) is 0 Å². The van der Waals surface area contributed by atoms with E-state index < -0.39 is 4.92 Å². The first-order valence-electron chi connectivity index (χ1n) is 6.28. The van der Waals surface area contributed by atoms with E-state index in [9.17, 15) is 15.2 Å². The summed E-state index contributed by atoms with van der Waals surface area (Å²) in [5, 5.41) is 23.2. The molecule has 2 rings (SSSR count). The predicted octanol–water partition coefficient (Wildman–Crippen LogP) is 1.24. The largest absolute Gasteiger partial charge is 0.394 e. The summed E-state index contributed by atoms with van der Waals surface area (Å²) in [7, 11) is 1.67. The summed E-state index contributed by atoms with van der Waals surface area (Å²) < 4.78 is 0. The minimum Gasteiger partial charge on any atom is -0.394 e. The summed E-state index contributed by atoms with van der Waals surface area (Å²) in [6, 6.07) is 2.83. The van der Waals surface area contributed by atoms with E-state index in [2.05, 4.69) is 17.2 Å². The van der Waals surface area contributed by atoms with E-state index in [4.69, 9.17) is 0 Å². The molecule has 2 unspecified atom stereocenters. The fraction of sp³-hybridized carbons (Fsp3) is 0.583. The average Bonchev–Trinajstić information content (AvgIpc) is 2.79. The van der Waals surface area contributed by atoms with Crippen LogP contribution in [-0.2, 0) is 0 Å². The molecule has 0 aromatic carbocycles. The smallest absolute Gasteiger partial charge is 0.276 e. The molecular formula is C12H18N4O3. The van der Waals surface area contributed by atoms with Gasteiger partial charge in [0.25, 0.3) is 5.69 Å². The highest BCUT2D eigenvalue weighted by Crippen LogP contribution is 2.31. The number of nitro groups is 1. The van der Waals surface area contributed by atoms with Gasteiger partial charge in [-0.3, -0.25) is 10.1 Å². The summed E-state index contributed by atoms with van der Waals surface area (Å²) >= 11 is 0. The van der Waals surface area contributed by atoms with Crippen molar-refractivity contribution in [1.29, 1.82) is 0 Å². The van der Waals surface area contributed by atoms with Crippen LogP contribution in [0.25, 0.3) is 0 Å². The molecule has 0 aliphatic carbocycles. The van der Waals surface area contributed by atoms with Crippen LogP contribution in [0.3, 0.4) is 0 Å². The first-order chi connectivity index (χ1) is 9.06. The number of hydrogen-bond donors (Lipinski definition) is 2. The number of aromatic nitrogens is 1. The lowest BCUT2D eigenvalue weighted by atomic mass is 10.0. The highest BCUT2D eigenvalue weighted by Gasteiger charge is 2.32. The van der Waals surface area contributed by atoms with Gasteiger partial charge in [0, 0.05) is 13.6 Å². The zero-order valence-corrected chi connectivity index (χ0v) is 11.0. The maximum Gasteiger partial charge on any atom is 0.276 e. The molecule has 19 heavy (non-hydrogen) atoms. The van der Waals surface area contributed by atoms with Crippen LogP contribution in [0.2, 0.25) is 0 Å². The van der Waals surface area contributed by atoms with Gasteiger partial charge in [0.2, 0.25) is 0 Å². The summed E-state index contributed by atoms with van der Waals surface area (Å²) in [6.07, 6.45) is 0.949. The molecule has 7 heteroatoms. The first-order valence-corrected chi connectivity index (χ1v) is 6.28. The number of aliphatic hydroxyl groups is 1. The molecule has 7 nitrogen and oxygen atoms in total. The SMILES string of the molecule is CNc1cc([N+](=O)[O-])cc(N2CCC(C)C2CO)n1. The van der Waals surface area contributed by atoms with Gasteiger partial charge in [0.05, 0.1) is 29.7 Å². The van der Waals surface area contributed by atoms with Crippen LogP contribution in [0.5, 0.6) is 0 Å². The number of aliphatic hydroxyl groups excluding tert-OH is 1. The minimum atomic E-state index is -0.431. The molecule has 0 amide bonds. The Morgan fingerprint density at radius 1 is 1.63 bits per heavy atom. The third-order valence-electron chi connectivity index (χ3n) is 3.63. The van der Waals surface area contributed by atoms with Gasteiger partial charge in [-0.1, -0.05) is 6.92 Å². The highest BCUT2D eigenvalue weighted by atomic mass is 16.6. The standard InChI is InChI=1S/C12H18N4O3/c1-8-3-4-15(10(8)7-17)12-6-9(16(18)19)5-11(13-2)14-12/h5-6,8,10,17H,3-4,7H2,1-2H3,(H,13,14). The monoisotopic (exact) mass is 266 g/mol. The van der Waals surface area contributed by atoms with Crippen molar-refractivity contribution in [3.8, 4) is 0 Å². The maximum atomic E-state index is 10.9. The van der Waals surface area contributed by atoms with Crippen molar-refractivity contribution in [3.05, 3.63) is 22.2 Å². The number of anilines is 2. The van der Waals surface area contributed by atoms with E-state index in [0.29, 0.717) is 17.6 Å². The van der Waals surface area contributed by atoms with E-state index in [-0.39, 0.29) is 18.3 Å². The Labute approximate surface area is 111 Å². The van der Waals surface area contributed by atoms with Gasteiger partial charge in [-0.2, -0.15) is 0 Å². The zero-order valence-electron chi connectivity index (χ0n) is 11.0. The van der Waals surface area contributed by atoms with Crippen LogP contribution in [0.4, 0.5) is 17.3 Å². The first kappa shape index (κ1) is 13.5. The Kier molecular flexibility index (Phi) is 3.84. The summed E-state index contributed by atoms with van der Waals surface area (Å²) in [5.41, 5.74) is 0.00518. The van der Waals surface area contributed by atoms with E-state index in [1.54, 1.807) is 7.05 Å². The molecule has 1 aromatic heterocycles. The Hall–Kier alpha value is -1.89. The molecule has 1 saturated heterocycles. The van der Waals surface area contributed by atoms with E-state index in [1.165, 1.54) is 12.1 Å². The topological polar surface area (TPSA) is 91.5 Å². The number of hydrogen-bond acceptors (Lipinski definition) is 6. The molecule has 1 aromatic rings. The summed E-state index contributed by atoms with van der Waals surface area (Å²) in [6.45, 7) is 2.85.